The van der Waals surface area contributed by atoms with Crippen LogP contribution in [0.4, 0.5) is 11.4 Å². The quantitative estimate of drug-likeness (QED) is 0.686. The minimum Gasteiger partial charge on any atom is -0.495 e. The minimum absolute atomic E-state index is 0.0355. The van der Waals surface area contributed by atoms with Crippen molar-refractivity contribution in [3.63, 3.8) is 0 Å². The fraction of sp³-hybridized carbons (Fsp3) is 0.375. The van der Waals surface area contributed by atoms with Gasteiger partial charge in [-0.2, -0.15) is 0 Å². The van der Waals surface area contributed by atoms with Gasteiger partial charge in [0.05, 0.1) is 18.7 Å². The number of hydrogen-bond acceptors (Lipinski definition) is 5. The monoisotopic (exact) mass is 424 g/mol. The van der Waals surface area contributed by atoms with E-state index in [4.69, 9.17) is 9.47 Å². The molecule has 0 bridgehead atoms. The second-order valence-corrected chi connectivity index (χ2v) is 7.93. The lowest BCUT2D eigenvalue weighted by Crippen LogP contribution is -2.28. The van der Waals surface area contributed by atoms with Gasteiger partial charge in [0.15, 0.2) is 6.61 Å². The van der Waals surface area contributed by atoms with Crippen molar-refractivity contribution in [3.05, 3.63) is 53.6 Å². The first-order valence-electron chi connectivity index (χ1n) is 10.3. The summed E-state index contributed by atoms with van der Waals surface area (Å²) in [5, 5.41) is 2.85. The SMILES string of the molecule is COc1ccccc1N1C[C@@H](C(=O)OCC(=O)Nc2c(C)cccc2C(C)C)CC1=O. The van der Waals surface area contributed by atoms with Crippen LogP contribution in [0.1, 0.15) is 37.3 Å². The molecule has 1 aliphatic heterocycles. The molecular formula is C24H28N2O5. The van der Waals surface area contributed by atoms with E-state index in [0.29, 0.717) is 11.4 Å². The lowest BCUT2D eigenvalue weighted by Gasteiger charge is -2.19. The van der Waals surface area contributed by atoms with E-state index in [0.717, 1.165) is 16.8 Å². The number of amides is 2. The summed E-state index contributed by atoms with van der Waals surface area (Å²) in [6.45, 7) is 5.81. The average molecular weight is 424 g/mol. The molecule has 2 amide bonds. The van der Waals surface area contributed by atoms with Gasteiger partial charge in [0, 0.05) is 18.7 Å². The lowest BCUT2D eigenvalue weighted by molar-refractivity contribution is -0.151. The van der Waals surface area contributed by atoms with E-state index < -0.39 is 24.4 Å². The molecule has 0 saturated carbocycles. The molecule has 31 heavy (non-hydrogen) atoms. The van der Waals surface area contributed by atoms with Crippen molar-refractivity contribution < 1.29 is 23.9 Å². The van der Waals surface area contributed by atoms with Crippen molar-refractivity contribution in [2.24, 2.45) is 5.92 Å². The molecule has 2 aromatic rings. The van der Waals surface area contributed by atoms with Crippen LogP contribution < -0.4 is 15.0 Å². The Morgan fingerprint density at radius 1 is 1.16 bits per heavy atom. The first-order chi connectivity index (χ1) is 14.8. The van der Waals surface area contributed by atoms with E-state index in [-0.39, 0.29) is 24.8 Å². The zero-order chi connectivity index (χ0) is 22.5. The number of aryl methyl sites for hydroxylation is 1. The number of benzene rings is 2. The third-order valence-electron chi connectivity index (χ3n) is 5.37. The Balaban J connectivity index is 1.59. The largest absolute Gasteiger partial charge is 0.495 e. The number of carbonyl (C=O) groups excluding carboxylic acids is 3. The lowest BCUT2D eigenvalue weighted by atomic mass is 9.98. The van der Waals surface area contributed by atoms with Crippen LogP contribution in [0, 0.1) is 12.8 Å². The summed E-state index contributed by atoms with van der Waals surface area (Å²) >= 11 is 0. The number of esters is 1. The fourth-order valence-corrected chi connectivity index (χ4v) is 3.72. The maximum Gasteiger partial charge on any atom is 0.311 e. The normalized spacial score (nSPS) is 15.8. The molecule has 1 saturated heterocycles. The second-order valence-electron chi connectivity index (χ2n) is 7.93. The topological polar surface area (TPSA) is 84.9 Å². The number of nitrogens with one attached hydrogen (secondary N) is 1. The van der Waals surface area contributed by atoms with E-state index in [1.54, 1.807) is 18.2 Å². The van der Waals surface area contributed by atoms with Crippen LogP contribution in [0.15, 0.2) is 42.5 Å². The van der Waals surface area contributed by atoms with E-state index in [1.165, 1.54) is 12.0 Å². The minimum atomic E-state index is -0.630. The maximum absolute atomic E-state index is 12.5. The second kappa shape index (κ2) is 9.64. The Kier molecular flexibility index (Phi) is 6.95. The summed E-state index contributed by atoms with van der Waals surface area (Å²) in [7, 11) is 1.53. The molecule has 0 unspecified atom stereocenters. The van der Waals surface area contributed by atoms with Gasteiger partial charge in [-0.05, 0) is 36.1 Å². The van der Waals surface area contributed by atoms with Crippen LogP contribution in [0.2, 0.25) is 0 Å². The maximum atomic E-state index is 12.5. The van der Waals surface area contributed by atoms with Crippen LogP contribution >= 0.6 is 0 Å². The average Bonchev–Trinajstić information content (AvgIpc) is 3.14. The van der Waals surface area contributed by atoms with E-state index in [9.17, 15) is 14.4 Å². The highest BCUT2D eigenvalue weighted by Crippen LogP contribution is 2.33. The highest BCUT2D eigenvalue weighted by molar-refractivity contribution is 6.01. The number of rotatable bonds is 7. The Labute approximate surface area is 182 Å². The summed E-state index contributed by atoms with van der Waals surface area (Å²) in [5.74, 6) is -0.982. The summed E-state index contributed by atoms with van der Waals surface area (Å²) < 4.78 is 10.5. The van der Waals surface area contributed by atoms with Crippen LogP contribution in [0.3, 0.4) is 0 Å². The number of nitrogens with zero attached hydrogens (tertiary/aromatic N) is 1. The molecule has 1 aliphatic rings. The van der Waals surface area contributed by atoms with Gasteiger partial charge in [-0.15, -0.1) is 0 Å². The van der Waals surface area contributed by atoms with E-state index >= 15 is 0 Å². The summed E-state index contributed by atoms with van der Waals surface area (Å²) in [6.07, 6.45) is 0.0355. The van der Waals surface area contributed by atoms with Crippen molar-refractivity contribution in [1.29, 1.82) is 0 Å². The zero-order valence-corrected chi connectivity index (χ0v) is 18.3. The molecule has 1 heterocycles. The van der Waals surface area contributed by atoms with Crippen LogP contribution in [0.25, 0.3) is 0 Å². The molecule has 0 spiro atoms. The van der Waals surface area contributed by atoms with E-state index in [1.807, 2.05) is 31.2 Å². The van der Waals surface area contributed by atoms with Crippen molar-refractivity contribution in [2.75, 3.05) is 30.5 Å². The van der Waals surface area contributed by atoms with Crippen LogP contribution in [0.5, 0.6) is 5.75 Å². The number of para-hydroxylation sites is 3. The Morgan fingerprint density at radius 2 is 1.90 bits per heavy atom. The summed E-state index contributed by atoms with van der Waals surface area (Å²) in [4.78, 5) is 38.9. The smallest absolute Gasteiger partial charge is 0.311 e. The fourth-order valence-electron chi connectivity index (χ4n) is 3.72. The van der Waals surface area contributed by atoms with Crippen LogP contribution in [-0.4, -0.2) is 38.0 Å². The number of methoxy groups -OCH3 is 1. The van der Waals surface area contributed by atoms with Gasteiger partial charge in [0.1, 0.15) is 5.75 Å². The highest BCUT2D eigenvalue weighted by Gasteiger charge is 2.37. The van der Waals surface area contributed by atoms with Gasteiger partial charge in [-0.3, -0.25) is 14.4 Å². The van der Waals surface area contributed by atoms with Crippen LogP contribution in [-0.2, 0) is 19.1 Å². The third kappa shape index (κ3) is 5.05. The molecule has 2 aromatic carbocycles. The van der Waals surface area contributed by atoms with Gasteiger partial charge in [0.25, 0.3) is 5.91 Å². The van der Waals surface area contributed by atoms with Gasteiger partial charge < -0.3 is 19.7 Å². The predicted octanol–water partition coefficient (Wildman–Crippen LogP) is 3.66. The van der Waals surface area contributed by atoms with Gasteiger partial charge in [-0.25, -0.2) is 0 Å². The molecule has 7 nitrogen and oxygen atoms in total. The van der Waals surface area contributed by atoms with Gasteiger partial charge >= 0.3 is 5.97 Å². The van der Waals surface area contributed by atoms with Gasteiger partial charge in [-0.1, -0.05) is 44.2 Å². The zero-order valence-electron chi connectivity index (χ0n) is 18.3. The van der Waals surface area contributed by atoms with Crippen molar-refractivity contribution in [1.82, 2.24) is 0 Å². The molecule has 1 fully saturated rings. The van der Waals surface area contributed by atoms with E-state index in [2.05, 4.69) is 19.2 Å². The van der Waals surface area contributed by atoms with Crippen molar-refractivity contribution in [3.8, 4) is 5.75 Å². The number of ether oxygens (including phenoxy) is 2. The summed E-state index contributed by atoms with van der Waals surface area (Å²) in [5.41, 5.74) is 3.33. The Bertz CT molecular complexity index is 986. The Hall–Kier alpha value is -3.35. The first-order valence-corrected chi connectivity index (χ1v) is 10.3. The molecule has 1 N–H and O–H groups in total. The Morgan fingerprint density at radius 3 is 2.61 bits per heavy atom. The summed E-state index contributed by atoms with van der Waals surface area (Å²) in [6, 6.07) is 13.0. The molecule has 1 atom stereocenters. The number of hydrogen-bond donors (Lipinski definition) is 1. The van der Waals surface area contributed by atoms with Crippen molar-refractivity contribution >= 4 is 29.2 Å². The number of carbonyl (C=O) groups is 3. The first kappa shape index (κ1) is 22.3. The van der Waals surface area contributed by atoms with Crippen molar-refractivity contribution in [2.45, 2.75) is 33.1 Å². The molecule has 3 rings (SSSR count). The number of anilines is 2. The molecular weight excluding hydrogens is 396 g/mol. The molecule has 0 aliphatic carbocycles. The molecule has 164 valence electrons. The highest BCUT2D eigenvalue weighted by atomic mass is 16.5. The van der Waals surface area contributed by atoms with Gasteiger partial charge in [0.2, 0.25) is 5.91 Å². The molecule has 7 heteroatoms. The third-order valence-corrected chi connectivity index (χ3v) is 5.37. The standard InChI is InChI=1S/C24H28N2O5/c1-15(2)18-9-7-8-16(3)23(18)25-21(27)14-31-24(29)17-12-22(28)26(13-17)19-10-5-6-11-20(19)30-4/h5-11,15,17H,12-14H2,1-4H3,(H,25,27)/t17-/m0/s1. The molecule has 0 aromatic heterocycles. The molecule has 0 radical (unpaired) electrons. The predicted molar refractivity (Wildman–Crippen MR) is 118 cm³/mol.